The lowest BCUT2D eigenvalue weighted by Crippen LogP contribution is -2.20. The van der Waals surface area contributed by atoms with Crippen molar-refractivity contribution < 1.29 is 4.74 Å². The lowest BCUT2D eigenvalue weighted by Gasteiger charge is -2.08. The quantitative estimate of drug-likeness (QED) is 0.618. The minimum atomic E-state index is -0.985. The van der Waals surface area contributed by atoms with Gasteiger partial charge in [0.25, 0.3) is 0 Å². The first-order valence-corrected chi connectivity index (χ1v) is 3.60. The lowest BCUT2D eigenvalue weighted by molar-refractivity contribution is 0.0780. The van der Waals surface area contributed by atoms with Crippen molar-refractivity contribution in [3.8, 4) is 18.2 Å². The first-order valence-electron chi connectivity index (χ1n) is 3.60. The summed E-state index contributed by atoms with van der Waals surface area (Å²) in [5.74, 6) is -0.985. The predicted octanol–water partition coefficient (Wildman–Crippen LogP) is 0.969. The Morgan fingerprint density at radius 1 is 1.17 bits per heavy atom. The Morgan fingerprint density at radius 3 is 2.08 bits per heavy atom. The van der Waals surface area contributed by atoms with Crippen molar-refractivity contribution in [3.05, 3.63) is 0 Å². The molecule has 1 unspecified atom stereocenters. The largest absolute Gasteiger partial charge is 0.361 e. The Hall–Kier alpha value is -1.57. The fourth-order valence-corrected chi connectivity index (χ4v) is 0.617. The first kappa shape index (κ1) is 10.4. The van der Waals surface area contributed by atoms with E-state index in [-0.39, 0.29) is 0 Å². The molecule has 0 aromatic rings. The van der Waals surface area contributed by atoms with Crippen LogP contribution in [0.2, 0.25) is 0 Å². The van der Waals surface area contributed by atoms with Gasteiger partial charge in [0, 0.05) is 6.61 Å². The highest BCUT2D eigenvalue weighted by Gasteiger charge is 2.20. The lowest BCUT2D eigenvalue weighted by atomic mass is 10.1. The zero-order chi connectivity index (χ0) is 9.40. The molecule has 12 heavy (non-hydrogen) atoms. The van der Waals surface area contributed by atoms with Gasteiger partial charge in [-0.2, -0.15) is 15.8 Å². The summed E-state index contributed by atoms with van der Waals surface area (Å²) in [6.07, 6.45) is -0.151. The second-order valence-electron chi connectivity index (χ2n) is 2.16. The highest BCUT2D eigenvalue weighted by Crippen LogP contribution is 2.05. The van der Waals surface area contributed by atoms with Crippen LogP contribution in [0.3, 0.4) is 0 Å². The topological polar surface area (TPSA) is 80.6 Å². The molecule has 0 saturated carbocycles. The van der Waals surface area contributed by atoms with E-state index in [1.807, 2.05) is 6.92 Å². The summed E-state index contributed by atoms with van der Waals surface area (Å²) in [4.78, 5) is 0. The van der Waals surface area contributed by atoms with Crippen molar-refractivity contribution in [2.24, 2.45) is 5.92 Å². The van der Waals surface area contributed by atoms with Crippen molar-refractivity contribution >= 4 is 0 Å². The molecule has 1 atom stereocenters. The Kier molecular flexibility index (Phi) is 5.35. The highest BCUT2D eigenvalue weighted by atomic mass is 16.5. The van der Waals surface area contributed by atoms with Crippen LogP contribution in [0.5, 0.6) is 0 Å². The van der Waals surface area contributed by atoms with Crippen LogP contribution < -0.4 is 0 Å². The van der Waals surface area contributed by atoms with E-state index >= 15 is 0 Å². The third-order valence-electron chi connectivity index (χ3n) is 1.21. The molecule has 0 N–H and O–H groups in total. The molecular weight excluding hydrogens is 154 g/mol. The minimum absolute atomic E-state index is 0.401. The summed E-state index contributed by atoms with van der Waals surface area (Å²) < 4.78 is 4.98. The van der Waals surface area contributed by atoms with Crippen molar-refractivity contribution in [1.82, 2.24) is 0 Å². The first-order chi connectivity index (χ1) is 5.79. The molecule has 0 heterocycles. The van der Waals surface area contributed by atoms with Crippen LogP contribution >= 0.6 is 0 Å². The minimum Gasteiger partial charge on any atom is -0.361 e. The van der Waals surface area contributed by atoms with Crippen LogP contribution in [0.25, 0.3) is 0 Å². The number of nitrogens with zero attached hydrogens (tertiary/aromatic N) is 3. The normalized spacial score (nSPS) is 11.2. The molecule has 0 amide bonds. The summed E-state index contributed by atoms with van der Waals surface area (Å²) >= 11 is 0. The number of nitriles is 3. The second kappa shape index (κ2) is 6.16. The van der Waals surface area contributed by atoms with E-state index in [1.165, 1.54) is 0 Å². The zero-order valence-corrected chi connectivity index (χ0v) is 6.82. The van der Waals surface area contributed by atoms with Crippen molar-refractivity contribution in [3.63, 3.8) is 0 Å². The smallest absolute Gasteiger partial charge is 0.172 e. The predicted molar refractivity (Wildman–Crippen MR) is 40.4 cm³/mol. The van der Waals surface area contributed by atoms with Gasteiger partial charge in [-0.25, -0.2) is 0 Å². The third-order valence-corrected chi connectivity index (χ3v) is 1.21. The fourth-order valence-electron chi connectivity index (χ4n) is 0.617. The van der Waals surface area contributed by atoms with Gasteiger partial charge in [0.2, 0.25) is 0 Å². The Bertz CT molecular complexity index is 228. The van der Waals surface area contributed by atoms with E-state index in [2.05, 4.69) is 0 Å². The van der Waals surface area contributed by atoms with Crippen molar-refractivity contribution in [2.45, 2.75) is 19.4 Å². The molecule has 0 radical (unpaired) electrons. The monoisotopic (exact) mass is 163 g/mol. The van der Waals surface area contributed by atoms with E-state index in [4.69, 9.17) is 20.5 Å². The SMILES string of the molecule is CCCOC(C#N)C(C#N)C#N. The highest BCUT2D eigenvalue weighted by molar-refractivity contribution is 5.10. The molecule has 0 aliphatic rings. The molecule has 0 fully saturated rings. The number of rotatable bonds is 4. The molecule has 0 bridgehead atoms. The van der Waals surface area contributed by atoms with Crippen LogP contribution in [0.4, 0.5) is 0 Å². The Balaban J connectivity index is 4.10. The van der Waals surface area contributed by atoms with Crippen LogP contribution in [0.15, 0.2) is 0 Å². The van der Waals surface area contributed by atoms with E-state index < -0.39 is 12.0 Å². The van der Waals surface area contributed by atoms with Gasteiger partial charge in [0.15, 0.2) is 12.0 Å². The van der Waals surface area contributed by atoms with E-state index in [0.717, 1.165) is 6.42 Å². The van der Waals surface area contributed by atoms with Crippen molar-refractivity contribution in [2.75, 3.05) is 6.61 Å². The van der Waals surface area contributed by atoms with Gasteiger partial charge in [0.1, 0.15) is 0 Å². The van der Waals surface area contributed by atoms with Crippen LogP contribution in [0.1, 0.15) is 13.3 Å². The molecule has 0 aliphatic heterocycles. The molecule has 4 heteroatoms. The van der Waals surface area contributed by atoms with Gasteiger partial charge in [-0.1, -0.05) is 6.92 Å². The molecule has 0 aromatic carbocycles. The summed E-state index contributed by atoms with van der Waals surface area (Å²) in [5, 5.41) is 25.4. The summed E-state index contributed by atoms with van der Waals surface area (Å²) in [5.41, 5.74) is 0. The van der Waals surface area contributed by atoms with Crippen LogP contribution in [-0.2, 0) is 4.74 Å². The van der Waals surface area contributed by atoms with E-state index in [1.54, 1.807) is 18.2 Å². The maximum absolute atomic E-state index is 8.51. The van der Waals surface area contributed by atoms with Crippen molar-refractivity contribution in [1.29, 1.82) is 15.8 Å². The molecule has 0 aromatic heterocycles. The molecule has 0 spiro atoms. The van der Waals surface area contributed by atoms with Gasteiger partial charge in [-0.05, 0) is 6.42 Å². The molecule has 0 saturated heterocycles. The second-order valence-corrected chi connectivity index (χ2v) is 2.16. The van der Waals surface area contributed by atoms with Crippen LogP contribution in [0, 0.1) is 39.9 Å². The summed E-state index contributed by atoms with van der Waals surface area (Å²) in [6.45, 7) is 2.29. The van der Waals surface area contributed by atoms with E-state index in [0.29, 0.717) is 6.61 Å². The van der Waals surface area contributed by atoms with Gasteiger partial charge in [-0.15, -0.1) is 0 Å². The maximum atomic E-state index is 8.51. The Morgan fingerprint density at radius 2 is 1.75 bits per heavy atom. The average Bonchev–Trinajstić information content (AvgIpc) is 2.12. The van der Waals surface area contributed by atoms with Gasteiger partial charge in [-0.3, -0.25) is 0 Å². The standard InChI is InChI=1S/C8H9N3O/c1-2-3-12-8(6-11)7(4-9)5-10/h7-8H,2-3H2,1H3. The maximum Gasteiger partial charge on any atom is 0.172 e. The Labute approximate surface area is 71.6 Å². The average molecular weight is 163 g/mol. The number of ether oxygens (including phenoxy) is 1. The molecule has 0 aliphatic carbocycles. The summed E-state index contributed by atoms with van der Waals surface area (Å²) in [6, 6.07) is 5.18. The molecule has 0 rings (SSSR count). The van der Waals surface area contributed by atoms with Gasteiger partial charge >= 0.3 is 0 Å². The third kappa shape index (κ3) is 3.01. The number of hydrogen-bond donors (Lipinski definition) is 0. The molecule has 62 valence electrons. The summed E-state index contributed by atoms with van der Waals surface area (Å²) in [7, 11) is 0. The zero-order valence-electron chi connectivity index (χ0n) is 6.82. The van der Waals surface area contributed by atoms with Crippen LogP contribution in [-0.4, -0.2) is 12.7 Å². The molecular formula is C8H9N3O. The fraction of sp³-hybridized carbons (Fsp3) is 0.625. The molecule has 4 nitrogen and oxygen atoms in total. The van der Waals surface area contributed by atoms with Gasteiger partial charge in [0.05, 0.1) is 18.2 Å². The van der Waals surface area contributed by atoms with Gasteiger partial charge < -0.3 is 4.74 Å². The number of hydrogen-bond acceptors (Lipinski definition) is 4. The van der Waals surface area contributed by atoms with E-state index in [9.17, 15) is 0 Å².